The van der Waals surface area contributed by atoms with Gasteiger partial charge in [-0.25, -0.2) is 0 Å². The van der Waals surface area contributed by atoms with Crippen LogP contribution in [-0.4, -0.2) is 13.9 Å². The zero-order valence-electron chi connectivity index (χ0n) is 10.9. The van der Waals surface area contributed by atoms with E-state index in [1.54, 1.807) is 7.11 Å². The van der Waals surface area contributed by atoms with Crippen molar-refractivity contribution in [3.8, 4) is 0 Å². The van der Waals surface area contributed by atoms with Crippen LogP contribution in [0.2, 0.25) is 0 Å². The van der Waals surface area contributed by atoms with Crippen LogP contribution >= 0.6 is 0 Å². The highest BCUT2D eigenvalue weighted by molar-refractivity contribution is 5.18. The number of hydrogen-bond acceptors (Lipinski definition) is 2. The van der Waals surface area contributed by atoms with E-state index >= 15 is 0 Å². The van der Waals surface area contributed by atoms with Crippen molar-refractivity contribution in [2.75, 3.05) is 13.9 Å². The molecular weight excluding hydrogens is 212 g/mol. The number of benzene rings is 1. The Kier molecular flexibility index (Phi) is 5.95. The summed E-state index contributed by atoms with van der Waals surface area (Å²) in [6, 6.07) is 10.3. The van der Waals surface area contributed by atoms with Crippen LogP contribution in [0.5, 0.6) is 0 Å². The smallest absolute Gasteiger partial charge is 0.147 e. The van der Waals surface area contributed by atoms with Gasteiger partial charge in [0.2, 0.25) is 0 Å². The molecule has 0 unspecified atom stereocenters. The van der Waals surface area contributed by atoms with Gasteiger partial charge in [0, 0.05) is 7.11 Å². The first-order valence-corrected chi connectivity index (χ1v) is 5.98. The summed E-state index contributed by atoms with van der Waals surface area (Å²) in [5.41, 5.74) is 1.19. The fourth-order valence-corrected chi connectivity index (χ4v) is 1.83. The fourth-order valence-electron chi connectivity index (χ4n) is 1.83. The summed E-state index contributed by atoms with van der Waals surface area (Å²) < 4.78 is 10.8. The molecule has 0 fully saturated rings. The Bertz CT molecular complexity index is 321. The first kappa shape index (κ1) is 13.9. The second-order valence-corrected chi connectivity index (χ2v) is 4.36. The van der Waals surface area contributed by atoms with E-state index in [4.69, 9.17) is 9.47 Å². The van der Waals surface area contributed by atoms with Gasteiger partial charge in [0.05, 0.1) is 6.10 Å². The van der Waals surface area contributed by atoms with Crippen LogP contribution in [0.4, 0.5) is 0 Å². The maximum atomic E-state index is 5.79. The van der Waals surface area contributed by atoms with E-state index in [0.29, 0.717) is 18.6 Å². The molecule has 94 valence electrons. The van der Waals surface area contributed by atoms with Crippen molar-refractivity contribution in [3.05, 3.63) is 48.6 Å². The summed E-state index contributed by atoms with van der Waals surface area (Å²) in [5.74, 6) is 0.766. The minimum absolute atomic E-state index is 0.0455. The van der Waals surface area contributed by atoms with E-state index in [9.17, 15) is 0 Å². The number of rotatable bonds is 7. The molecule has 0 N–H and O–H groups in total. The van der Waals surface area contributed by atoms with Crippen LogP contribution in [0.1, 0.15) is 25.5 Å². The van der Waals surface area contributed by atoms with Gasteiger partial charge < -0.3 is 9.47 Å². The van der Waals surface area contributed by atoms with Crippen molar-refractivity contribution in [1.29, 1.82) is 0 Å². The Morgan fingerprint density at radius 3 is 2.41 bits per heavy atom. The monoisotopic (exact) mass is 234 g/mol. The van der Waals surface area contributed by atoms with Gasteiger partial charge in [-0.3, -0.25) is 0 Å². The summed E-state index contributed by atoms with van der Waals surface area (Å²) in [7, 11) is 1.64. The lowest BCUT2D eigenvalue weighted by atomic mass is 9.87. The van der Waals surface area contributed by atoms with Crippen molar-refractivity contribution in [2.24, 2.45) is 11.8 Å². The molecule has 1 aromatic rings. The molecule has 1 aromatic carbocycles. The molecule has 0 spiro atoms. The molecule has 0 aliphatic carbocycles. The van der Waals surface area contributed by atoms with Crippen LogP contribution in [0, 0.1) is 11.8 Å². The van der Waals surface area contributed by atoms with Gasteiger partial charge in [0.1, 0.15) is 6.79 Å². The van der Waals surface area contributed by atoms with E-state index in [2.05, 4.69) is 32.6 Å². The standard InChI is InChI=1S/C15H22O2/c1-5-12(2)13(3)15(17-11-16-4)14-9-7-6-8-10-14/h5-10,12-13,15H,1,11H2,2-4H3/t12-,13-,15+/m0/s1. The third kappa shape index (κ3) is 3.99. The molecule has 0 bridgehead atoms. The Morgan fingerprint density at radius 1 is 1.24 bits per heavy atom. The predicted molar refractivity (Wildman–Crippen MR) is 70.7 cm³/mol. The molecule has 17 heavy (non-hydrogen) atoms. The Morgan fingerprint density at radius 2 is 1.88 bits per heavy atom. The largest absolute Gasteiger partial charge is 0.359 e. The first-order chi connectivity index (χ1) is 8.20. The quantitative estimate of drug-likeness (QED) is 0.527. The van der Waals surface area contributed by atoms with Gasteiger partial charge in [-0.2, -0.15) is 0 Å². The van der Waals surface area contributed by atoms with Crippen molar-refractivity contribution in [3.63, 3.8) is 0 Å². The van der Waals surface area contributed by atoms with Crippen molar-refractivity contribution >= 4 is 0 Å². The van der Waals surface area contributed by atoms with Gasteiger partial charge >= 0.3 is 0 Å². The zero-order chi connectivity index (χ0) is 12.7. The molecule has 0 radical (unpaired) electrons. The summed E-state index contributed by atoms with van der Waals surface area (Å²) in [5, 5.41) is 0. The van der Waals surface area contributed by atoms with Crippen molar-refractivity contribution < 1.29 is 9.47 Å². The maximum absolute atomic E-state index is 5.79. The third-order valence-electron chi connectivity index (χ3n) is 3.17. The molecule has 3 atom stereocenters. The molecule has 0 aliphatic rings. The lowest BCUT2D eigenvalue weighted by Crippen LogP contribution is -2.19. The Labute approximate surface area is 104 Å². The summed E-state index contributed by atoms with van der Waals surface area (Å²) in [6.45, 7) is 8.50. The molecule has 1 rings (SSSR count). The molecular formula is C15H22O2. The summed E-state index contributed by atoms with van der Waals surface area (Å²) >= 11 is 0. The van der Waals surface area contributed by atoms with Crippen molar-refractivity contribution in [1.82, 2.24) is 0 Å². The zero-order valence-corrected chi connectivity index (χ0v) is 10.9. The minimum atomic E-state index is 0.0455. The van der Waals surface area contributed by atoms with Crippen LogP contribution in [-0.2, 0) is 9.47 Å². The van der Waals surface area contributed by atoms with Gasteiger partial charge in [0.25, 0.3) is 0 Å². The van der Waals surface area contributed by atoms with E-state index in [1.165, 1.54) is 5.56 Å². The van der Waals surface area contributed by atoms with Crippen LogP contribution in [0.15, 0.2) is 43.0 Å². The number of ether oxygens (including phenoxy) is 2. The lowest BCUT2D eigenvalue weighted by molar-refractivity contribution is -0.0956. The Balaban J connectivity index is 2.83. The minimum Gasteiger partial charge on any atom is -0.359 e. The second kappa shape index (κ2) is 7.25. The highest BCUT2D eigenvalue weighted by Crippen LogP contribution is 2.31. The predicted octanol–water partition coefficient (Wildman–Crippen LogP) is 3.81. The average Bonchev–Trinajstić information content (AvgIpc) is 2.39. The molecule has 0 heterocycles. The van der Waals surface area contributed by atoms with Gasteiger partial charge in [0.15, 0.2) is 0 Å². The SMILES string of the molecule is C=C[C@H](C)[C@H](C)[C@@H](OCOC)c1ccccc1. The number of allylic oxidation sites excluding steroid dienone is 1. The summed E-state index contributed by atoms with van der Waals surface area (Å²) in [4.78, 5) is 0. The molecule has 0 saturated heterocycles. The van der Waals surface area contributed by atoms with Crippen LogP contribution in [0.25, 0.3) is 0 Å². The van der Waals surface area contributed by atoms with Crippen LogP contribution < -0.4 is 0 Å². The highest BCUT2D eigenvalue weighted by atomic mass is 16.7. The summed E-state index contributed by atoms with van der Waals surface area (Å²) in [6.07, 6.45) is 2.01. The third-order valence-corrected chi connectivity index (χ3v) is 3.17. The number of hydrogen-bond donors (Lipinski definition) is 0. The van der Waals surface area contributed by atoms with Gasteiger partial charge in [-0.05, 0) is 17.4 Å². The lowest BCUT2D eigenvalue weighted by Gasteiger charge is -2.27. The van der Waals surface area contributed by atoms with E-state index < -0.39 is 0 Å². The first-order valence-electron chi connectivity index (χ1n) is 5.98. The van der Waals surface area contributed by atoms with Crippen LogP contribution in [0.3, 0.4) is 0 Å². The van der Waals surface area contributed by atoms with E-state index in [-0.39, 0.29) is 6.10 Å². The topological polar surface area (TPSA) is 18.5 Å². The van der Waals surface area contributed by atoms with Crippen molar-refractivity contribution in [2.45, 2.75) is 20.0 Å². The molecule has 0 aliphatic heterocycles. The van der Waals surface area contributed by atoms with E-state index in [1.807, 2.05) is 24.3 Å². The fraction of sp³-hybridized carbons (Fsp3) is 0.467. The highest BCUT2D eigenvalue weighted by Gasteiger charge is 2.23. The molecule has 0 aromatic heterocycles. The van der Waals surface area contributed by atoms with Gasteiger partial charge in [-0.15, -0.1) is 6.58 Å². The maximum Gasteiger partial charge on any atom is 0.147 e. The molecule has 0 amide bonds. The Hall–Kier alpha value is -1.12. The number of methoxy groups -OCH3 is 1. The van der Waals surface area contributed by atoms with E-state index in [0.717, 1.165) is 0 Å². The molecule has 2 nitrogen and oxygen atoms in total. The second-order valence-electron chi connectivity index (χ2n) is 4.36. The average molecular weight is 234 g/mol. The molecule has 0 saturated carbocycles. The normalized spacial score (nSPS) is 16.2. The van der Waals surface area contributed by atoms with Gasteiger partial charge in [-0.1, -0.05) is 50.3 Å². The molecule has 2 heteroatoms.